The van der Waals surface area contributed by atoms with Crippen molar-refractivity contribution in [2.24, 2.45) is 5.92 Å². The SMILES string of the molecule is Cc1nn(C(F)F)c(C)c1CC(=O)N[C@H](CC(C)C)C(=O)O. The third kappa shape index (κ3) is 4.51. The lowest BCUT2D eigenvalue weighted by Crippen LogP contribution is -2.42. The average molecular weight is 317 g/mol. The normalized spacial score (nSPS) is 12.7. The molecular formula is C14H21F2N3O3. The minimum absolute atomic E-state index is 0.103. The molecule has 0 bridgehead atoms. The van der Waals surface area contributed by atoms with Gasteiger partial charge in [-0.25, -0.2) is 9.48 Å². The fourth-order valence-electron chi connectivity index (χ4n) is 2.24. The van der Waals surface area contributed by atoms with Crippen LogP contribution in [0.25, 0.3) is 0 Å². The molecule has 2 N–H and O–H groups in total. The molecule has 0 aliphatic rings. The fourth-order valence-corrected chi connectivity index (χ4v) is 2.24. The lowest BCUT2D eigenvalue weighted by atomic mass is 10.0. The summed E-state index contributed by atoms with van der Waals surface area (Å²) in [4.78, 5) is 23.1. The molecule has 0 unspecified atom stereocenters. The molecule has 0 saturated carbocycles. The molecule has 0 fully saturated rings. The number of amides is 1. The van der Waals surface area contributed by atoms with Gasteiger partial charge in [-0.1, -0.05) is 13.8 Å². The van der Waals surface area contributed by atoms with Crippen molar-refractivity contribution in [2.75, 3.05) is 0 Å². The van der Waals surface area contributed by atoms with Crippen molar-refractivity contribution >= 4 is 11.9 Å². The minimum Gasteiger partial charge on any atom is -0.480 e. The first kappa shape index (κ1) is 18.1. The summed E-state index contributed by atoms with van der Waals surface area (Å²) < 4.78 is 26.0. The first-order valence-electron chi connectivity index (χ1n) is 6.98. The van der Waals surface area contributed by atoms with E-state index in [0.29, 0.717) is 22.4 Å². The fraction of sp³-hybridized carbons (Fsp3) is 0.643. The zero-order valence-corrected chi connectivity index (χ0v) is 13.1. The molecule has 0 aliphatic carbocycles. The third-order valence-electron chi connectivity index (χ3n) is 3.34. The van der Waals surface area contributed by atoms with Gasteiger partial charge in [0.25, 0.3) is 0 Å². The average Bonchev–Trinajstić information content (AvgIpc) is 2.65. The number of nitrogens with zero attached hydrogens (tertiary/aromatic N) is 2. The standard InChI is InChI=1S/C14H21F2N3O3/c1-7(2)5-11(13(21)22)17-12(20)6-10-8(3)18-19(9(10)4)14(15)16/h7,11,14H,5-6H2,1-4H3,(H,17,20)(H,21,22)/t11-/m1/s1. The summed E-state index contributed by atoms with van der Waals surface area (Å²) in [6.07, 6.45) is 0.127. The second-order valence-electron chi connectivity index (χ2n) is 5.64. The number of aliphatic carboxylic acids is 1. The zero-order valence-electron chi connectivity index (χ0n) is 13.1. The molecule has 0 spiro atoms. The van der Waals surface area contributed by atoms with Gasteiger partial charge in [-0.15, -0.1) is 0 Å². The molecular weight excluding hydrogens is 296 g/mol. The van der Waals surface area contributed by atoms with E-state index in [1.165, 1.54) is 13.8 Å². The molecule has 0 saturated heterocycles. The smallest absolute Gasteiger partial charge is 0.333 e. The molecule has 1 rings (SSSR count). The van der Waals surface area contributed by atoms with Crippen molar-refractivity contribution in [3.05, 3.63) is 17.0 Å². The van der Waals surface area contributed by atoms with Gasteiger partial charge in [0.15, 0.2) is 0 Å². The lowest BCUT2D eigenvalue weighted by molar-refractivity contribution is -0.142. The van der Waals surface area contributed by atoms with Crippen molar-refractivity contribution in [1.29, 1.82) is 0 Å². The minimum atomic E-state index is -2.77. The van der Waals surface area contributed by atoms with Crippen LogP contribution in [0.5, 0.6) is 0 Å². The van der Waals surface area contributed by atoms with Crippen LogP contribution in [0, 0.1) is 19.8 Å². The van der Waals surface area contributed by atoms with Gasteiger partial charge in [0.05, 0.1) is 12.1 Å². The second kappa shape index (κ2) is 7.33. The molecule has 1 atom stereocenters. The number of carbonyl (C=O) groups excluding carboxylic acids is 1. The van der Waals surface area contributed by atoms with Gasteiger partial charge in [0.1, 0.15) is 6.04 Å². The van der Waals surface area contributed by atoms with Crippen LogP contribution in [-0.4, -0.2) is 32.8 Å². The summed E-state index contributed by atoms with van der Waals surface area (Å²) in [6.45, 7) is 3.92. The summed E-state index contributed by atoms with van der Waals surface area (Å²) in [6, 6.07) is -0.988. The molecule has 0 aromatic carbocycles. The number of nitrogens with one attached hydrogen (secondary N) is 1. The predicted octanol–water partition coefficient (Wildman–Crippen LogP) is 2.05. The second-order valence-corrected chi connectivity index (χ2v) is 5.64. The van der Waals surface area contributed by atoms with Crippen LogP contribution in [-0.2, 0) is 16.0 Å². The molecule has 0 radical (unpaired) electrons. The Morgan fingerprint density at radius 1 is 1.32 bits per heavy atom. The Labute approximate surface area is 127 Å². The van der Waals surface area contributed by atoms with Crippen LogP contribution >= 0.6 is 0 Å². The highest BCUT2D eigenvalue weighted by atomic mass is 19.3. The molecule has 22 heavy (non-hydrogen) atoms. The van der Waals surface area contributed by atoms with Gasteiger partial charge >= 0.3 is 12.5 Å². The van der Waals surface area contributed by atoms with E-state index in [9.17, 15) is 18.4 Å². The highest BCUT2D eigenvalue weighted by Crippen LogP contribution is 2.19. The van der Waals surface area contributed by atoms with E-state index < -0.39 is 24.5 Å². The van der Waals surface area contributed by atoms with Crippen molar-refractivity contribution in [2.45, 2.75) is 53.1 Å². The number of halogens is 2. The van der Waals surface area contributed by atoms with E-state index in [-0.39, 0.29) is 18.0 Å². The quantitative estimate of drug-likeness (QED) is 0.806. The van der Waals surface area contributed by atoms with E-state index in [4.69, 9.17) is 5.11 Å². The molecule has 8 heteroatoms. The molecule has 1 heterocycles. The topological polar surface area (TPSA) is 84.2 Å². The van der Waals surface area contributed by atoms with Crippen molar-refractivity contribution < 1.29 is 23.5 Å². The van der Waals surface area contributed by atoms with Gasteiger partial charge < -0.3 is 10.4 Å². The van der Waals surface area contributed by atoms with E-state index in [2.05, 4.69) is 10.4 Å². The Hall–Kier alpha value is -1.99. The van der Waals surface area contributed by atoms with Gasteiger partial charge in [0.2, 0.25) is 5.91 Å². The van der Waals surface area contributed by atoms with Crippen LogP contribution in [0.1, 0.15) is 43.8 Å². The van der Waals surface area contributed by atoms with Crippen molar-refractivity contribution in [1.82, 2.24) is 15.1 Å². The van der Waals surface area contributed by atoms with Gasteiger partial charge in [0, 0.05) is 11.3 Å². The first-order valence-corrected chi connectivity index (χ1v) is 6.98. The number of alkyl halides is 2. The lowest BCUT2D eigenvalue weighted by Gasteiger charge is -2.16. The van der Waals surface area contributed by atoms with Crippen LogP contribution < -0.4 is 5.32 Å². The number of hydrogen-bond acceptors (Lipinski definition) is 3. The van der Waals surface area contributed by atoms with Gasteiger partial charge in [-0.3, -0.25) is 4.79 Å². The highest BCUT2D eigenvalue weighted by Gasteiger charge is 2.23. The monoisotopic (exact) mass is 317 g/mol. The number of aryl methyl sites for hydroxylation is 1. The number of rotatable bonds is 7. The highest BCUT2D eigenvalue weighted by molar-refractivity contribution is 5.85. The largest absolute Gasteiger partial charge is 0.480 e. The Morgan fingerprint density at radius 2 is 1.91 bits per heavy atom. The third-order valence-corrected chi connectivity index (χ3v) is 3.34. The Kier molecular flexibility index (Phi) is 6.01. The predicted molar refractivity (Wildman–Crippen MR) is 75.7 cm³/mol. The van der Waals surface area contributed by atoms with Gasteiger partial charge in [-0.05, 0) is 26.2 Å². The Morgan fingerprint density at radius 3 is 2.32 bits per heavy atom. The van der Waals surface area contributed by atoms with Crippen molar-refractivity contribution in [3.63, 3.8) is 0 Å². The molecule has 1 aromatic heterocycles. The first-order chi connectivity index (χ1) is 10.1. The van der Waals surface area contributed by atoms with Crippen molar-refractivity contribution in [3.8, 4) is 0 Å². The zero-order chi connectivity index (χ0) is 17.0. The maximum atomic E-state index is 12.7. The van der Waals surface area contributed by atoms with E-state index in [1.807, 2.05) is 13.8 Å². The van der Waals surface area contributed by atoms with E-state index in [1.54, 1.807) is 0 Å². The summed E-state index contributed by atoms with van der Waals surface area (Å²) in [5.74, 6) is -1.53. The van der Waals surface area contributed by atoms with Gasteiger partial charge in [-0.2, -0.15) is 13.9 Å². The number of hydrogen-bond donors (Lipinski definition) is 2. The summed E-state index contributed by atoms with van der Waals surface area (Å²) in [5.41, 5.74) is 0.938. The molecule has 6 nitrogen and oxygen atoms in total. The Bertz CT molecular complexity index is 556. The number of carbonyl (C=O) groups is 2. The summed E-state index contributed by atoms with van der Waals surface area (Å²) >= 11 is 0. The number of carboxylic acids is 1. The maximum Gasteiger partial charge on any atom is 0.333 e. The van der Waals surface area contributed by atoms with E-state index in [0.717, 1.165) is 0 Å². The van der Waals surface area contributed by atoms with Crippen LogP contribution in [0.2, 0.25) is 0 Å². The maximum absolute atomic E-state index is 12.7. The molecule has 0 aliphatic heterocycles. The summed E-state index contributed by atoms with van der Waals surface area (Å²) in [7, 11) is 0. The van der Waals surface area contributed by atoms with Crippen LogP contribution in [0.4, 0.5) is 8.78 Å². The van der Waals surface area contributed by atoms with E-state index >= 15 is 0 Å². The molecule has 1 aromatic rings. The summed E-state index contributed by atoms with van der Waals surface area (Å²) in [5, 5.41) is 15.2. The molecule has 124 valence electrons. The number of aromatic nitrogens is 2. The van der Waals surface area contributed by atoms with Crippen LogP contribution in [0.3, 0.4) is 0 Å². The Balaban J connectivity index is 2.82. The number of carboxylic acid groups (broad SMARTS) is 1. The van der Waals surface area contributed by atoms with Crippen LogP contribution in [0.15, 0.2) is 0 Å². The molecule has 1 amide bonds.